The van der Waals surface area contributed by atoms with Crippen molar-refractivity contribution in [2.24, 2.45) is 11.0 Å². The molecule has 0 saturated carbocycles. The number of fused-ring (bicyclic) bond motifs is 1. The molecule has 2 heterocycles. The predicted molar refractivity (Wildman–Crippen MR) is 69.9 cm³/mol. The summed E-state index contributed by atoms with van der Waals surface area (Å²) in [6.45, 7) is 1.10. The summed E-state index contributed by atoms with van der Waals surface area (Å²) in [5, 5.41) is 5.82. The zero-order chi connectivity index (χ0) is 13.4. The highest BCUT2D eigenvalue weighted by Gasteiger charge is 2.37. The third kappa shape index (κ3) is 2.24. The van der Waals surface area contributed by atoms with E-state index in [1.807, 2.05) is 0 Å². The second-order valence-corrected chi connectivity index (χ2v) is 4.95. The molecule has 1 saturated heterocycles. The molecule has 1 aromatic rings. The van der Waals surface area contributed by atoms with E-state index in [2.05, 4.69) is 5.10 Å². The normalized spacial score (nSPS) is 23.1. The van der Waals surface area contributed by atoms with Crippen LogP contribution in [0.25, 0.3) is 0 Å². The van der Waals surface area contributed by atoms with E-state index in [1.54, 1.807) is 0 Å². The Kier molecular flexibility index (Phi) is 3.24. The summed E-state index contributed by atoms with van der Waals surface area (Å²) in [5.41, 5.74) is 1.09. The van der Waals surface area contributed by atoms with Gasteiger partial charge in [0.15, 0.2) is 0 Å². The number of benzene rings is 1. The number of carbonyl (C=O) groups is 1. The molecule has 2 aliphatic heterocycles. The van der Waals surface area contributed by atoms with Crippen molar-refractivity contribution in [3.05, 3.63) is 29.0 Å². The van der Waals surface area contributed by atoms with Crippen LogP contribution in [-0.2, 0) is 9.53 Å². The van der Waals surface area contributed by atoms with Gasteiger partial charge in [0.25, 0.3) is 5.91 Å². The van der Waals surface area contributed by atoms with Crippen molar-refractivity contribution < 1.29 is 13.9 Å². The minimum Gasteiger partial charge on any atom is -0.381 e. The smallest absolute Gasteiger partial charge is 0.256 e. The highest BCUT2D eigenvalue weighted by Crippen LogP contribution is 2.33. The van der Waals surface area contributed by atoms with E-state index in [-0.39, 0.29) is 11.8 Å². The molecule has 6 heteroatoms. The van der Waals surface area contributed by atoms with E-state index >= 15 is 0 Å². The molecule has 19 heavy (non-hydrogen) atoms. The van der Waals surface area contributed by atoms with Crippen LogP contribution in [0.3, 0.4) is 0 Å². The SMILES string of the molecule is O=C1C2CCOCCC2=NN1c1cc(F)ccc1Cl. The molecule has 0 bridgehead atoms. The number of anilines is 1. The van der Waals surface area contributed by atoms with Crippen molar-refractivity contribution in [3.8, 4) is 0 Å². The Hall–Kier alpha value is -1.46. The first kappa shape index (κ1) is 12.6. The van der Waals surface area contributed by atoms with Crippen LogP contribution in [0.4, 0.5) is 10.1 Å². The number of rotatable bonds is 1. The first-order valence-corrected chi connectivity index (χ1v) is 6.49. The van der Waals surface area contributed by atoms with Gasteiger partial charge in [-0.2, -0.15) is 10.1 Å². The van der Waals surface area contributed by atoms with Crippen molar-refractivity contribution in [1.82, 2.24) is 0 Å². The van der Waals surface area contributed by atoms with Crippen LogP contribution in [0.2, 0.25) is 5.02 Å². The fraction of sp³-hybridized carbons (Fsp3) is 0.385. The Morgan fingerprint density at radius 3 is 3.11 bits per heavy atom. The summed E-state index contributed by atoms with van der Waals surface area (Å²) in [4.78, 5) is 12.3. The van der Waals surface area contributed by atoms with Gasteiger partial charge in [0.05, 0.1) is 28.9 Å². The van der Waals surface area contributed by atoms with Crippen LogP contribution in [0, 0.1) is 11.7 Å². The predicted octanol–water partition coefficient (Wildman–Crippen LogP) is 2.61. The van der Waals surface area contributed by atoms with Gasteiger partial charge in [0.1, 0.15) is 5.82 Å². The standard InChI is InChI=1S/C13H12ClFN2O2/c14-10-2-1-8(15)7-12(10)17-13(18)9-3-5-19-6-4-11(9)16-17/h1-2,7,9H,3-6H2. The molecule has 1 amide bonds. The number of carbonyl (C=O) groups excluding carboxylic acids is 1. The molecule has 1 atom stereocenters. The molecule has 0 N–H and O–H groups in total. The number of hydrogen-bond acceptors (Lipinski definition) is 3. The van der Waals surface area contributed by atoms with E-state index in [9.17, 15) is 9.18 Å². The largest absolute Gasteiger partial charge is 0.381 e. The van der Waals surface area contributed by atoms with Crippen molar-refractivity contribution in [2.45, 2.75) is 12.8 Å². The van der Waals surface area contributed by atoms with Crippen LogP contribution in [0.5, 0.6) is 0 Å². The maximum atomic E-state index is 13.3. The number of hydrazone groups is 1. The molecule has 0 radical (unpaired) electrons. The lowest BCUT2D eigenvalue weighted by Gasteiger charge is -2.15. The lowest BCUT2D eigenvalue weighted by molar-refractivity contribution is -0.120. The monoisotopic (exact) mass is 282 g/mol. The lowest BCUT2D eigenvalue weighted by atomic mass is 9.99. The molecule has 4 nitrogen and oxygen atoms in total. The molecule has 3 rings (SSSR count). The molecule has 1 unspecified atom stereocenters. The minimum absolute atomic E-state index is 0.159. The van der Waals surface area contributed by atoms with Crippen LogP contribution >= 0.6 is 11.6 Å². The summed E-state index contributed by atoms with van der Waals surface area (Å²) >= 11 is 6.02. The molecule has 0 spiro atoms. The van der Waals surface area contributed by atoms with Gasteiger partial charge in [-0.25, -0.2) is 4.39 Å². The molecular formula is C13H12ClFN2O2. The van der Waals surface area contributed by atoms with E-state index in [0.29, 0.717) is 36.8 Å². The second-order valence-electron chi connectivity index (χ2n) is 4.54. The molecule has 100 valence electrons. The van der Waals surface area contributed by atoms with Gasteiger partial charge in [0.2, 0.25) is 0 Å². The van der Waals surface area contributed by atoms with E-state index in [0.717, 1.165) is 5.71 Å². The van der Waals surface area contributed by atoms with Crippen LogP contribution in [0.1, 0.15) is 12.8 Å². The van der Waals surface area contributed by atoms with Gasteiger partial charge in [0, 0.05) is 19.1 Å². The Bertz CT molecular complexity index is 562. The quantitative estimate of drug-likeness (QED) is 0.794. The third-order valence-electron chi connectivity index (χ3n) is 3.33. The van der Waals surface area contributed by atoms with Gasteiger partial charge >= 0.3 is 0 Å². The number of hydrogen-bond donors (Lipinski definition) is 0. The summed E-state index contributed by atoms with van der Waals surface area (Å²) in [6.07, 6.45) is 1.24. The molecule has 0 aromatic heterocycles. The first-order valence-electron chi connectivity index (χ1n) is 6.11. The average Bonchev–Trinajstić information content (AvgIpc) is 2.59. The number of nitrogens with zero attached hydrogens (tertiary/aromatic N) is 2. The topological polar surface area (TPSA) is 41.9 Å². The Morgan fingerprint density at radius 1 is 1.42 bits per heavy atom. The van der Waals surface area contributed by atoms with Crippen LogP contribution in [0.15, 0.2) is 23.3 Å². The van der Waals surface area contributed by atoms with Crippen molar-refractivity contribution in [3.63, 3.8) is 0 Å². The van der Waals surface area contributed by atoms with Crippen molar-refractivity contribution in [1.29, 1.82) is 0 Å². The van der Waals surface area contributed by atoms with E-state index in [4.69, 9.17) is 16.3 Å². The second kappa shape index (κ2) is 4.90. The zero-order valence-corrected chi connectivity index (χ0v) is 10.9. The van der Waals surface area contributed by atoms with Gasteiger partial charge in [-0.15, -0.1) is 0 Å². The summed E-state index contributed by atoms with van der Waals surface area (Å²) < 4.78 is 18.6. The lowest BCUT2D eigenvalue weighted by Crippen LogP contribution is -2.27. The van der Waals surface area contributed by atoms with Gasteiger partial charge in [-0.3, -0.25) is 4.79 Å². The summed E-state index contributed by atoms with van der Waals surface area (Å²) in [5.74, 6) is -0.863. The van der Waals surface area contributed by atoms with Gasteiger partial charge in [-0.1, -0.05) is 11.6 Å². The fourth-order valence-electron chi connectivity index (χ4n) is 2.35. The van der Waals surface area contributed by atoms with Crippen LogP contribution < -0.4 is 5.01 Å². The third-order valence-corrected chi connectivity index (χ3v) is 3.65. The van der Waals surface area contributed by atoms with Gasteiger partial charge < -0.3 is 4.74 Å². The summed E-state index contributed by atoms with van der Waals surface area (Å²) in [7, 11) is 0. The van der Waals surface area contributed by atoms with E-state index in [1.165, 1.54) is 23.2 Å². The maximum absolute atomic E-state index is 13.3. The highest BCUT2D eigenvalue weighted by molar-refractivity contribution is 6.34. The number of ether oxygens (including phenoxy) is 1. The molecule has 1 fully saturated rings. The first-order chi connectivity index (χ1) is 9.16. The average molecular weight is 283 g/mol. The minimum atomic E-state index is -0.442. The fourth-order valence-corrected chi connectivity index (χ4v) is 2.55. The highest BCUT2D eigenvalue weighted by atomic mass is 35.5. The summed E-state index contributed by atoms with van der Waals surface area (Å²) in [6, 6.07) is 3.91. The van der Waals surface area contributed by atoms with Crippen molar-refractivity contribution >= 4 is 28.9 Å². The van der Waals surface area contributed by atoms with Crippen molar-refractivity contribution in [2.75, 3.05) is 18.2 Å². The van der Waals surface area contributed by atoms with Gasteiger partial charge in [-0.05, 0) is 18.6 Å². The molecule has 1 aromatic carbocycles. The maximum Gasteiger partial charge on any atom is 0.256 e. The zero-order valence-electron chi connectivity index (χ0n) is 10.1. The van der Waals surface area contributed by atoms with E-state index < -0.39 is 5.82 Å². The Balaban J connectivity index is 1.98. The molecule has 2 aliphatic rings. The Labute approximate surface area is 114 Å². The number of amides is 1. The molecule has 0 aliphatic carbocycles. The van der Waals surface area contributed by atoms with Crippen LogP contribution in [-0.4, -0.2) is 24.8 Å². The number of halogens is 2. The molecular weight excluding hydrogens is 271 g/mol. The Morgan fingerprint density at radius 2 is 2.26 bits per heavy atom.